The molecule has 0 heterocycles. The van der Waals surface area contributed by atoms with Gasteiger partial charge in [0.05, 0.1) is 11.7 Å². The number of nitrogens with two attached hydrogens (primary N) is 1. The van der Waals surface area contributed by atoms with Crippen molar-refractivity contribution in [3.8, 4) is 5.75 Å². The van der Waals surface area contributed by atoms with Gasteiger partial charge in [-0.3, -0.25) is 0 Å². The molecule has 0 spiro atoms. The van der Waals surface area contributed by atoms with Gasteiger partial charge in [0.2, 0.25) is 0 Å². The first kappa shape index (κ1) is 13.7. The zero-order chi connectivity index (χ0) is 13.9. The van der Waals surface area contributed by atoms with Gasteiger partial charge in [-0.15, -0.1) is 0 Å². The number of nitrogens with zero attached hydrogens (tertiary/aromatic N) is 1. The second-order valence-corrected chi connectivity index (χ2v) is 5.96. The van der Waals surface area contributed by atoms with E-state index in [9.17, 15) is 0 Å². The van der Waals surface area contributed by atoms with Gasteiger partial charge in [-0.1, -0.05) is 31.1 Å². The molecule has 104 valence electrons. The summed E-state index contributed by atoms with van der Waals surface area (Å²) in [6, 6.07) is 7.42. The zero-order valence-electron chi connectivity index (χ0n) is 11.6. The van der Waals surface area contributed by atoms with Crippen LogP contribution in [0.5, 0.6) is 5.75 Å². The Morgan fingerprint density at radius 3 is 2.58 bits per heavy atom. The van der Waals surface area contributed by atoms with E-state index in [1.807, 2.05) is 18.2 Å². The molecule has 0 aromatic heterocycles. The third-order valence-corrected chi connectivity index (χ3v) is 3.85. The third kappa shape index (κ3) is 3.40. The Labute approximate surface area is 114 Å². The lowest BCUT2D eigenvalue weighted by molar-refractivity contribution is 0.0986. The molecule has 3 N–H and O–H groups in total. The van der Waals surface area contributed by atoms with E-state index in [1.54, 1.807) is 6.07 Å². The van der Waals surface area contributed by atoms with Crippen LogP contribution in [0.2, 0.25) is 0 Å². The minimum absolute atomic E-state index is 0.0896. The van der Waals surface area contributed by atoms with E-state index in [0.29, 0.717) is 16.7 Å². The largest absolute Gasteiger partial charge is 0.490 e. The van der Waals surface area contributed by atoms with Gasteiger partial charge in [0, 0.05) is 0 Å². The van der Waals surface area contributed by atoms with Gasteiger partial charge in [-0.05, 0) is 43.2 Å². The highest BCUT2D eigenvalue weighted by molar-refractivity contribution is 5.99. The van der Waals surface area contributed by atoms with E-state index in [0.717, 1.165) is 12.8 Å². The Morgan fingerprint density at radius 1 is 1.32 bits per heavy atom. The van der Waals surface area contributed by atoms with Crippen molar-refractivity contribution >= 4 is 5.84 Å². The molecule has 0 bridgehead atoms. The summed E-state index contributed by atoms with van der Waals surface area (Å²) < 4.78 is 6.03. The van der Waals surface area contributed by atoms with E-state index < -0.39 is 0 Å². The highest BCUT2D eigenvalue weighted by atomic mass is 16.5. The number of para-hydroxylation sites is 1. The number of oxime groups is 1. The van der Waals surface area contributed by atoms with Crippen molar-refractivity contribution in [2.45, 2.75) is 45.6 Å². The number of rotatable bonds is 3. The van der Waals surface area contributed by atoms with Crippen LogP contribution in [0.1, 0.15) is 45.1 Å². The van der Waals surface area contributed by atoms with Gasteiger partial charge in [0.15, 0.2) is 5.84 Å². The highest BCUT2D eigenvalue weighted by Crippen LogP contribution is 2.36. The second-order valence-electron chi connectivity index (χ2n) is 5.96. The van der Waals surface area contributed by atoms with Crippen LogP contribution in [-0.2, 0) is 0 Å². The number of hydrogen-bond acceptors (Lipinski definition) is 3. The zero-order valence-corrected chi connectivity index (χ0v) is 11.6. The van der Waals surface area contributed by atoms with Gasteiger partial charge in [0.25, 0.3) is 0 Å². The van der Waals surface area contributed by atoms with E-state index in [1.165, 1.54) is 12.8 Å². The maximum absolute atomic E-state index is 8.79. The Balaban J connectivity index is 2.08. The first-order chi connectivity index (χ1) is 9.02. The summed E-state index contributed by atoms with van der Waals surface area (Å²) in [5.41, 5.74) is 6.73. The maximum atomic E-state index is 8.79. The summed E-state index contributed by atoms with van der Waals surface area (Å²) in [7, 11) is 0. The summed E-state index contributed by atoms with van der Waals surface area (Å²) >= 11 is 0. The molecular weight excluding hydrogens is 240 g/mol. The molecule has 1 aromatic rings. The van der Waals surface area contributed by atoms with Crippen molar-refractivity contribution in [2.75, 3.05) is 0 Å². The molecule has 1 aliphatic rings. The molecule has 0 unspecified atom stereocenters. The fourth-order valence-electron chi connectivity index (χ4n) is 2.51. The molecule has 4 nitrogen and oxygen atoms in total. The Kier molecular flexibility index (Phi) is 3.98. The molecule has 0 radical (unpaired) electrons. The monoisotopic (exact) mass is 262 g/mol. The molecular formula is C15H22N2O2. The second kappa shape index (κ2) is 5.51. The first-order valence-corrected chi connectivity index (χ1v) is 6.75. The van der Waals surface area contributed by atoms with Crippen LogP contribution in [0.4, 0.5) is 0 Å². The van der Waals surface area contributed by atoms with Gasteiger partial charge in [-0.25, -0.2) is 0 Å². The molecule has 0 aliphatic heterocycles. The molecule has 0 atom stereocenters. The van der Waals surface area contributed by atoms with E-state index in [-0.39, 0.29) is 11.9 Å². The molecule has 0 saturated heterocycles. The SMILES string of the molecule is CC1(C)CCC(Oc2ccccc2/C(N)=N/O)CC1. The molecule has 1 saturated carbocycles. The van der Waals surface area contributed by atoms with Crippen LogP contribution in [0.15, 0.2) is 29.4 Å². The van der Waals surface area contributed by atoms with Crippen LogP contribution in [0, 0.1) is 5.41 Å². The summed E-state index contributed by atoms with van der Waals surface area (Å²) in [5.74, 6) is 0.786. The van der Waals surface area contributed by atoms with Crippen LogP contribution < -0.4 is 10.5 Å². The fourth-order valence-corrected chi connectivity index (χ4v) is 2.51. The molecule has 4 heteroatoms. The molecule has 1 fully saturated rings. The predicted molar refractivity (Wildman–Crippen MR) is 75.6 cm³/mol. The van der Waals surface area contributed by atoms with Crippen molar-refractivity contribution in [1.82, 2.24) is 0 Å². The Hall–Kier alpha value is -1.71. The van der Waals surface area contributed by atoms with Crippen molar-refractivity contribution in [2.24, 2.45) is 16.3 Å². The Morgan fingerprint density at radius 2 is 1.95 bits per heavy atom. The Bertz CT molecular complexity index is 459. The van der Waals surface area contributed by atoms with Gasteiger partial charge >= 0.3 is 0 Å². The van der Waals surface area contributed by atoms with Crippen LogP contribution in [0.3, 0.4) is 0 Å². The quantitative estimate of drug-likeness (QED) is 0.380. The van der Waals surface area contributed by atoms with Crippen molar-refractivity contribution < 1.29 is 9.94 Å². The maximum Gasteiger partial charge on any atom is 0.173 e. The fraction of sp³-hybridized carbons (Fsp3) is 0.533. The van der Waals surface area contributed by atoms with Crippen molar-refractivity contribution in [3.05, 3.63) is 29.8 Å². The average molecular weight is 262 g/mol. The topological polar surface area (TPSA) is 67.8 Å². The summed E-state index contributed by atoms with van der Waals surface area (Å²) in [6.45, 7) is 4.60. The molecule has 19 heavy (non-hydrogen) atoms. The minimum Gasteiger partial charge on any atom is -0.490 e. The predicted octanol–water partition coefficient (Wildman–Crippen LogP) is 3.13. The van der Waals surface area contributed by atoms with Crippen molar-refractivity contribution in [3.63, 3.8) is 0 Å². The van der Waals surface area contributed by atoms with E-state index in [2.05, 4.69) is 19.0 Å². The highest BCUT2D eigenvalue weighted by Gasteiger charge is 2.28. The lowest BCUT2D eigenvalue weighted by Gasteiger charge is -2.34. The third-order valence-electron chi connectivity index (χ3n) is 3.85. The molecule has 1 aliphatic carbocycles. The standard InChI is InChI=1S/C15H22N2O2/c1-15(2)9-7-11(8-10-15)19-13-6-4-3-5-12(13)14(16)17-18/h3-6,11,18H,7-10H2,1-2H3,(H2,16,17). The van der Waals surface area contributed by atoms with Gasteiger partial charge < -0.3 is 15.7 Å². The van der Waals surface area contributed by atoms with Crippen LogP contribution >= 0.6 is 0 Å². The molecule has 2 rings (SSSR count). The van der Waals surface area contributed by atoms with Gasteiger partial charge in [-0.2, -0.15) is 0 Å². The summed E-state index contributed by atoms with van der Waals surface area (Å²) in [5, 5.41) is 11.8. The smallest absolute Gasteiger partial charge is 0.173 e. The van der Waals surface area contributed by atoms with Crippen molar-refractivity contribution in [1.29, 1.82) is 0 Å². The lowest BCUT2D eigenvalue weighted by Crippen LogP contribution is -2.29. The normalized spacial score (nSPS) is 20.2. The molecule has 1 aromatic carbocycles. The number of ether oxygens (including phenoxy) is 1. The molecule has 0 amide bonds. The lowest BCUT2D eigenvalue weighted by atomic mass is 9.76. The van der Waals surface area contributed by atoms with Crippen LogP contribution in [-0.4, -0.2) is 17.1 Å². The van der Waals surface area contributed by atoms with Crippen LogP contribution in [0.25, 0.3) is 0 Å². The number of hydrogen-bond donors (Lipinski definition) is 2. The summed E-state index contributed by atoms with van der Waals surface area (Å²) in [4.78, 5) is 0. The summed E-state index contributed by atoms with van der Waals surface area (Å²) in [6.07, 6.45) is 4.67. The van der Waals surface area contributed by atoms with E-state index in [4.69, 9.17) is 15.7 Å². The van der Waals surface area contributed by atoms with E-state index >= 15 is 0 Å². The number of amidine groups is 1. The minimum atomic E-state index is 0.0896. The average Bonchev–Trinajstić information content (AvgIpc) is 2.41. The van der Waals surface area contributed by atoms with Gasteiger partial charge in [0.1, 0.15) is 5.75 Å². The first-order valence-electron chi connectivity index (χ1n) is 6.75. The number of benzene rings is 1.